The number of anilines is 1. The number of nitrogens with one attached hydrogen (secondary N) is 1. The van der Waals surface area contributed by atoms with E-state index in [1.54, 1.807) is 4.57 Å². The number of aromatic nitrogens is 2. The molecule has 0 saturated carbocycles. The lowest BCUT2D eigenvalue weighted by Crippen LogP contribution is -2.23. The minimum atomic E-state index is -0.580. The van der Waals surface area contributed by atoms with E-state index in [1.165, 1.54) is 12.4 Å². The van der Waals surface area contributed by atoms with Gasteiger partial charge in [0.1, 0.15) is 12.4 Å². The SMILES string of the molecule is O=C(COC(=O)Cn1cnc2ccccc21)Nc1ccc(F)cc1Cl. The second kappa shape index (κ2) is 7.31. The zero-order valence-electron chi connectivity index (χ0n) is 12.9. The molecule has 1 aromatic heterocycles. The van der Waals surface area contributed by atoms with Crippen molar-refractivity contribution < 1.29 is 18.7 Å². The van der Waals surface area contributed by atoms with Crippen molar-refractivity contribution in [1.82, 2.24) is 9.55 Å². The van der Waals surface area contributed by atoms with Crippen LogP contribution >= 0.6 is 11.6 Å². The highest BCUT2D eigenvalue weighted by Gasteiger charge is 2.12. The summed E-state index contributed by atoms with van der Waals surface area (Å²) in [5.41, 5.74) is 1.80. The van der Waals surface area contributed by atoms with E-state index in [0.29, 0.717) is 0 Å². The monoisotopic (exact) mass is 361 g/mol. The Balaban J connectivity index is 1.54. The number of fused-ring (bicyclic) bond motifs is 1. The summed E-state index contributed by atoms with van der Waals surface area (Å²) in [7, 11) is 0. The van der Waals surface area contributed by atoms with Gasteiger partial charge in [0.15, 0.2) is 6.61 Å². The zero-order valence-corrected chi connectivity index (χ0v) is 13.7. The van der Waals surface area contributed by atoms with Crippen LogP contribution < -0.4 is 5.32 Å². The van der Waals surface area contributed by atoms with Crippen LogP contribution in [0.5, 0.6) is 0 Å². The molecule has 0 radical (unpaired) electrons. The van der Waals surface area contributed by atoms with Gasteiger partial charge in [0.05, 0.1) is 28.1 Å². The van der Waals surface area contributed by atoms with E-state index >= 15 is 0 Å². The first-order valence-electron chi connectivity index (χ1n) is 7.33. The Hall–Kier alpha value is -2.93. The highest BCUT2D eigenvalue weighted by molar-refractivity contribution is 6.33. The molecule has 1 N–H and O–H groups in total. The number of nitrogens with zero attached hydrogens (tertiary/aromatic N) is 2. The summed E-state index contributed by atoms with van der Waals surface area (Å²) in [5, 5.41) is 2.51. The van der Waals surface area contributed by atoms with E-state index < -0.39 is 24.3 Å². The smallest absolute Gasteiger partial charge is 0.326 e. The van der Waals surface area contributed by atoms with Crippen LogP contribution in [0.2, 0.25) is 5.02 Å². The normalized spacial score (nSPS) is 10.6. The molecule has 8 heteroatoms. The summed E-state index contributed by atoms with van der Waals surface area (Å²) >= 11 is 5.81. The molecular weight excluding hydrogens is 349 g/mol. The first kappa shape index (κ1) is 16.9. The number of para-hydroxylation sites is 2. The van der Waals surface area contributed by atoms with Crippen LogP contribution in [0.15, 0.2) is 48.8 Å². The number of benzene rings is 2. The summed E-state index contributed by atoms with van der Waals surface area (Å²) in [6, 6.07) is 10.9. The predicted octanol–water partition coefficient (Wildman–Crippen LogP) is 3.01. The van der Waals surface area contributed by atoms with Gasteiger partial charge in [-0.15, -0.1) is 0 Å². The molecule has 6 nitrogen and oxygen atoms in total. The maximum atomic E-state index is 13.0. The van der Waals surface area contributed by atoms with Crippen molar-refractivity contribution >= 4 is 40.2 Å². The van der Waals surface area contributed by atoms with Gasteiger partial charge in [0.25, 0.3) is 5.91 Å². The standard InChI is InChI=1S/C17H13ClFN3O3/c18-12-7-11(19)5-6-13(12)21-16(23)9-25-17(24)8-22-10-20-14-3-1-2-4-15(14)22/h1-7,10H,8-9H2,(H,21,23). The number of imidazole rings is 1. The summed E-state index contributed by atoms with van der Waals surface area (Å²) in [6.45, 7) is -0.537. The maximum absolute atomic E-state index is 13.0. The molecule has 25 heavy (non-hydrogen) atoms. The number of hydrogen-bond donors (Lipinski definition) is 1. The van der Waals surface area contributed by atoms with Crippen LogP contribution in [0.4, 0.5) is 10.1 Å². The fraction of sp³-hybridized carbons (Fsp3) is 0.118. The third-order valence-electron chi connectivity index (χ3n) is 3.40. The Bertz CT molecular complexity index is 942. The van der Waals surface area contributed by atoms with E-state index in [4.69, 9.17) is 16.3 Å². The Morgan fingerprint density at radius 3 is 2.84 bits per heavy atom. The van der Waals surface area contributed by atoms with Crippen LogP contribution in [0, 0.1) is 5.82 Å². The van der Waals surface area contributed by atoms with Crippen molar-refractivity contribution in [3.05, 3.63) is 59.6 Å². The topological polar surface area (TPSA) is 73.2 Å². The number of amides is 1. The minimum Gasteiger partial charge on any atom is -0.454 e. The third kappa shape index (κ3) is 4.13. The molecule has 0 aliphatic rings. The van der Waals surface area contributed by atoms with Gasteiger partial charge in [-0.25, -0.2) is 9.37 Å². The molecule has 0 spiro atoms. The number of carbonyl (C=O) groups is 2. The molecule has 128 valence electrons. The zero-order chi connectivity index (χ0) is 17.8. The molecule has 0 bridgehead atoms. The summed E-state index contributed by atoms with van der Waals surface area (Å²) in [5.74, 6) is -1.66. The number of hydrogen-bond acceptors (Lipinski definition) is 4. The Morgan fingerprint density at radius 2 is 2.04 bits per heavy atom. The van der Waals surface area contributed by atoms with Gasteiger partial charge in [0.2, 0.25) is 0 Å². The number of esters is 1. The molecule has 1 heterocycles. The van der Waals surface area contributed by atoms with E-state index in [9.17, 15) is 14.0 Å². The van der Waals surface area contributed by atoms with Crippen molar-refractivity contribution in [1.29, 1.82) is 0 Å². The number of halogens is 2. The highest BCUT2D eigenvalue weighted by atomic mass is 35.5. The first-order chi connectivity index (χ1) is 12.0. The average Bonchev–Trinajstić information content (AvgIpc) is 2.99. The average molecular weight is 362 g/mol. The Morgan fingerprint density at radius 1 is 1.24 bits per heavy atom. The molecule has 0 atom stereocenters. The lowest BCUT2D eigenvalue weighted by Gasteiger charge is -2.08. The number of carbonyl (C=O) groups excluding carboxylic acids is 2. The third-order valence-corrected chi connectivity index (χ3v) is 3.71. The van der Waals surface area contributed by atoms with E-state index in [-0.39, 0.29) is 17.3 Å². The molecule has 0 saturated heterocycles. The Labute approximate surface area is 147 Å². The van der Waals surface area contributed by atoms with E-state index in [0.717, 1.165) is 23.2 Å². The van der Waals surface area contributed by atoms with Gasteiger partial charge in [-0.1, -0.05) is 23.7 Å². The molecule has 0 aliphatic carbocycles. The minimum absolute atomic E-state index is 0.0598. The van der Waals surface area contributed by atoms with Crippen molar-refractivity contribution in [3.8, 4) is 0 Å². The second-order valence-electron chi connectivity index (χ2n) is 5.19. The fourth-order valence-corrected chi connectivity index (χ4v) is 2.46. The van der Waals surface area contributed by atoms with Crippen LogP contribution in [0.1, 0.15) is 0 Å². The van der Waals surface area contributed by atoms with Crippen LogP contribution in [-0.4, -0.2) is 28.0 Å². The van der Waals surface area contributed by atoms with Crippen molar-refractivity contribution in [2.24, 2.45) is 0 Å². The van der Waals surface area contributed by atoms with Crippen molar-refractivity contribution in [2.45, 2.75) is 6.54 Å². The Kier molecular flexibility index (Phi) is 4.95. The largest absolute Gasteiger partial charge is 0.454 e. The quantitative estimate of drug-likeness (QED) is 0.709. The molecular formula is C17H13ClFN3O3. The van der Waals surface area contributed by atoms with Gasteiger partial charge in [0, 0.05) is 0 Å². The van der Waals surface area contributed by atoms with Crippen LogP contribution in [0.3, 0.4) is 0 Å². The molecule has 0 aliphatic heterocycles. The highest BCUT2D eigenvalue weighted by Crippen LogP contribution is 2.22. The van der Waals surface area contributed by atoms with Gasteiger partial charge < -0.3 is 14.6 Å². The second-order valence-corrected chi connectivity index (χ2v) is 5.60. The molecule has 3 rings (SSSR count). The lowest BCUT2D eigenvalue weighted by molar-refractivity contribution is -0.147. The molecule has 0 fully saturated rings. The molecule has 3 aromatic rings. The maximum Gasteiger partial charge on any atom is 0.326 e. The van der Waals surface area contributed by atoms with Gasteiger partial charge in [-0.2, -0.15) is 0 Å². The summed E-state index contributed by atoms with van der Waals surface area (Å²) in [6.07, 6.45) is 1.53. The van der Waals surface area contributed by atoms with Crippen molar-refractivity contribution in [3.63, 3.8) is 0 Å². The lowest BCUT2D eigenvalue weighted by atomic mass is 10.3. The predicted molar refractivity (Wildman–Crippen MR) is 90.7 cm³/mol. The first-order valence-corrected chi connectivity index (χ1v) is 7.71. The number of rotatable bonds is 5. The van der Waals surface area contributed by atoms with Gasteiger partial charge >= 0.3 is 5.97 Å². The van der Waals surface area contributed by atoms with E-state index in [1.807, 2.05) is 24.3 Å². The fourth-order valence-electron chi connectivity index (χ4n) is 2.24. The summed E-state index contributed by atoms with van der Waals surface area (Å²) < 4.78 is 19.5. The van der Waals surface area contributed by atoms with Crippen LogP contribution in [0.25, 0.3) is 11.0 Å². The van der Waals surface area contributed by atoms with E-state index in [2.05, 4.69) is 10.3 Å². The van der Waals surface area contributed by atoms with Gasteiger partial charge in [-0.05, 0) is 30.3 Å². The van der Waals surface area contributed by atoms with Gasteiger partial charge in [-0.3, -0.25) is 9.59 Å². The summed E-state index contributed by atoms with van der Waals surface area (Å²) in [4.78, 5) is 27.9. The molecule has 2 aromatic carbocycles. The van der Waals surface area contributed by atoms with Crippen LogP contribution in [-0.2, 0) is 20.9 Å². The number of ether oxygens (including phenoxy) is 1. The molecule has 1 amide bonds. The molecule has 0 unspecified atom stereocenters. The van der Waals surface area contributed by atoms with Crippen molar-refractivity contribution in [2.75, 3.05) is 11.9 Å².